The molecule has 1 aromatic carbocycles. The number of benzene rings is 1. The molecule has 0 amide bonds. The maximum Gasteiger partial charge on any atom is 0.0825 e. The van der Waals surface area contributed by atoms with Crippen molar-refractivity contribution in [3.63, 3.8) is 0 Å². The molecule has 2 atom stereocenters. The van der Waals surface area contributed by atoms with E-state index in [9.17, 15) is 0 Å². The van der Waals surface area contributed by atoms with Crippen molar-refractivity contribution in [2.24, 2.45) is 5.73 Å². The highest BCUT2D eigenvalue weighted by atomic mass is 35.5. The lowest BCUT2D eigenvalue weighted by Crippen LogP contribution is -2.48. The van der Waals surface area contributed by atoms with Crippen molar-refractivity contribution in [2.45, 2.75) is 51.2 Å². The topological polar surface area (TPSA) is 38.5 Å². The lowest BCUT2D eigenvalue weighted by Gasteiger charge is -2.41. The highest BCUT2D eigenvalue weighted by Crippen LogP contribution is 2.35. The van der Waals surface area contributed by atoms with Gasteiger partial charge in [-0.1, -0.05) is 30.7 Å². The Morgan fingerprint density at radius 1 is 1.48 bits per heavy atom. The van der Waals surface area contributed by atoms with Gasteiger partial charge in [0.05, 0.1) is 16.3 Å². The number of methoxy groups -OCH3 is 1. The first-order valence-electron chi connectivity index (χ1n) is 7.82. The van der Waals surface area contributed by atoms with Crippen LogP contribution in [0.15, 0.2) is 18.2 Å². The van der Waals surface area contributed by atoms with Crippen LogP contribution in [0, 0.1) is 0 Å². The van der Waals surface area contributed by atoms with E-state index in [1.807, 2.05) is 12.1 Å². The van der Waals surface area contributed by atoms with Crippen molar-refractivity contribution in [1.29, 1.82) is 0 Å². The maximum atomic E-state index is 6.50. The molecule has 1 saturated heterocycles. The zero-order chi connectivity index (χ0) is 15.5. The summed E-state index contributed by atoms with van der Waals surface area (Å²) in [5.74, 6) is 0. The number of halogens is 1. The van der Waals surface area contributed by atoms with Gasteiger partial charge < -0.3 is 15.4 Å². The Bertz CT molecular complexity index is 480. The van der Waals surface area contributed by atoms with Crippen molar-refractivity contribution in [1.82, 2.24) is 0 Å². The molecule has 0 aromatic heterocycles. The number of rotatable bonds is 5. The molecule has 1 fully saturated rings. The van der Waals surface area contributed by atoms with Gasteiger partial charge in [0.25, 0.3) is 0 Å². The minimum Gasteiger partial charge on any atom is -0.377 e. The van der Waals surface area contributed by atoms with Crippen molar-refractivity contribution in [3.8, 4) is 0 Å². The van der Waals surface area contributed by atoms with E-state index in [0.29, 0.717) is 0 Å². The lowest BCUT2D eigenvalue weighted by atomic mass is 9.93. The molecule has 0 aliphatic carbocycles. The van der Waals surface area contributed by atoms with Crippen molar-refractivity contribution in [2.75, 3.05) is 25.1 Å². The zero-order valence-electron chi connectivity index (χ0n) is 13.4. The van der Waals surface area contributed by atoms with Crippen LogP contribution in [0.1, 0.15) is 38.7 Å². The number of nitrogens with two attached hydrogens (primary N) is 1. The van der Waals surface area contributed by atoms with Crippen molar-refractivity contribution < 1.29 is 4.74 Å². The zero-order valence-corrected chi connectivity index (χ0v) is 14.1. The molecule has 3 nitrogen and oxygen atoms in total. The summed E-state index contributed by atoms with van der Waals surface area (Å²) in [6.45, 7) is 6.20. The normalized spacial score (nSPS) is 24.1. The molecule has 0 bridgehead atoms. The predicted octanol–water partition coefficient (Wildman–Crippen LogP) is 3.63. The number of hydrogen-bond acceptors (Lipinski definition) is 3. The molecule has 1 aliphatic heterocycles. The van der Waals surface area contributed by atoms with Gasteiger partial charge in [-0.3, -0.25) is 0 Å². The summed E-state index contributed by atoms with van der Waals surface area (Å²) < 4.78 is 5.70. The number of ether oxygens (including phenoxy) is 1. The first kappa shape index (κ1) is 16.6. The van der Waals surface area contributed by atoms with E-state index in [0.717, 1.165) is 49.5 Å². The highest BCUT2D eigenvalue weighted by molar-refractivity contribution is 6.33. The SMILES string of the molecule is CCC(N)Cc1cccc(Cl)c1N1CCCC(C)(OC)C1. The Balaban J connectivity index is 2.29. The van der Waals surface area contributed by atoms with Gasteiger partial charge in [0, 0.05) is 26.2 Å². The fraction of sp³-hybridized carbons (Fsp3) is 0.647. The fourth-order valence-corrected chi connectivity index (χ4v) is 3.38. The maximum absolute atomic E-state index is 6.50. The molecule has 1 aliphatic rings. The Labute approximate surface area is 133 Å². The third-order valence-electron chi connectivity index (χ3n) is 4.54. The molecule has 1 aromatic rings. The van der Waals surface area contributed by atoms with Gasteiger partial charge in [0.15, 0.2) is 0 Å². The number of para-hydroxylation sites is 1. The molecular formula is C17H27ClN2O. The summed E-state index contributed by atoms with van der Waals surface area (Å²) >= 11 is 6.50. The van der Waals surface area contributed by atoms with Crippen LogP contribution in [-0.4, -0.2) is 31.8 Å². The van der Waals surface area contributed by atoms with Gasteiger partial charge in [-0.05, 0) is 44.2 Å². The second-order valence-electron chi connectivity index (χ2n) is 6.30. The average Bonchev–Trinajstić information content (AvgIpc) is 2.47. The Hall–Kier alpha value is -0.770. The Morgan fingerprint density at radius 3 is 2.90 bits per heavy atom. The molecular weight excluding hydrogens is 284 g/mol. The van der Waals surface area contributed by atoms with Crippen LogP contribution in [0.5, 0.6) is 0 Å². The van der Waals surface area contributed by atoms with Crippen LogP contribution in [-0.2, 0) is 11.2 Å². The fourth-order valence-electron chi connectivity index (χ4n) is 3.07. The van der Waals surface area contributed by atoms with Crippen molar-refractivity contribution >= 4 is 17.3 Å². The standard InChI is InChI=1S/C17H27ClN2O/c1-4-14(19)11-13-7-5-8-15(18)16(13)20-10-6-9-17(2,12-20)21-3/h5,7-8,14H,4,6,9-12,19H2,1-3H3. The van der Waals surface area contributed by atoms with Gasteiger partial charge in [-0.25, -0.2) is 0 Å². The largest absolute Gasteiger partial charge is 0.377 e. The van der Waals surface area contributed by atoms with E-state index in [4.69, 9.17) is 22.1 Å². The van der Waals surface area contributed by atoms with E-state index >= 15 is 0 Å². The molecule has 0 radical (unpaired) electrons. The summed E-state index contributed by atoms with van der Waals surface area (Å²) in [6, 6.07) is 6.32. The minimum atomic E-state index is -0.0957. The van der Waals surface area contributed by atoms with Crippen molar-refractivity contribution in [3.05, 3.63) is 28.8 Å². The van der Waals surface area contributed by atoms with E-state index in [1.165, 1.54) is 5.56 Å². The molecule has 0 saturated carbocycles. The third-order valence-corrected chi connectivity index (χ3v) is 4.85. The van der Waals surface area contributed by atoms with E-state index in [2.05, 4.69) is 24.8 Å². The molecule has 2 rings (SSSR count). The average molecular weight is 311 g/mol. The quantitative estimate of drug-likeness (QED) is 0.902. The molecule has 2 unspecified atom stereocenters. The van der Waals surface area contributed by atoms with Gasteiger partial charge >= 0.3 is 0 Å². The first-order chi connectivity index (χ1) is 9.99. The Kier molecular flexibility index (Phi) is 5.53. The minimum absolute atomic E-state index is 0.0957. The first-order valence-corrected chi connectivity index (χ1v) is 8.20. The van der Waals surface area contributed by atoms with Crippen LogP contribution in [0.4, 0.5) is 5.69 Å². The van der Waals surface area contributed by atoms with Gasteiger partial charge in [0.1, 0.15) is 0 Å². The molecule has 2 N–H and O–H groups in total. The molecule has 1 heterocycles. The smallest absolute Gasteiger partial charge is 0.0825 e. The van der Waals surface area contributed by atoms with Gasteiger partial charge in [-0.15, -0.1) is 0 Å². The molecule has 4 heteroatoms. The Morgan fingerprint density at radius 2 is 2.24 bits per heavy atom. The molecule has 21 heavy (non-hydrogen) atoms. The van der Waals surface area contributed by atoms with E-state index in [1.54, 1.807) is 7.11 Å². The number of anilines is 1. The molecule has 118 valence electrons. The van der Waals surface area contributed by atoms with E-state index < -0.39 is 0 Å². The van der Waals surface area contributed by atoms with Crippen LogP contribution >= 0.6 is 11.6 Å². The van der Waals surface area contributed by atoms with Crippen LogP contribution in [0.3, 0.4) is 0 Å². The predicted molar refractivity (Wildman–Crippen MR) is 90.3 cm³/mol. The van der Waals surface area contributed by atoms with Crippen LogP contribution in [0.2, 0.25) is 5.02 Å². The second kappa shape index (κ2) is 6.99. The van der Waals surface area contributed by atoms with Gasteiger partial charge in [0.2, 0.25) is 0 Å². The summed E-state index contributed by atoms with van der Waals surface area (Å²) in [7, 11) is 1.80. The lowest BCUT2D eigenvalue weighted by molar-refractivity contribution is -0.00467. The summed E-state index contributed by atoms with van der Waals surface area (Å²) in [5.41, 5.74) is 8.44. The third kappa shape index (κ3) is 3.91. The second-order valence-corrected chi connectivity index (χ2v) is 6.71. The summed E-state index contributed by atoms with van der Waals surface area (Å²) in [5, 5.41) is 0.816. The number of hydrogen-bond donors (Lipinski definition) is 1. The van der Waals surface area contributed by atoms with Gasteiger partial charge in [-0.2, -0.15) is 0 Å². The monoisotopic (exact) mass is 310 g/mol. The van der Waals surface area contributed by atoms with Crippen LogP contribution < -0.4 is 10.6 Å². The highest BCUT2D eigenvalue weighted by Gasteiger charge is 2.32. The number of nitrogens with zero attached hydrogens (tertiary/aromatic N) is 1. The number of piperidine rings is 1. The van der Waals surface area contributed by atoms with Crippen LogP contribution in [0.25, 0.3) is 0 Å². The van der Waals surface area contributed by atoms with E-state index in [-0.39, 0.29) is 11.6 Å². The summed E-state index contributed by atoms with van der Waals surface area (Å²) in [6.07, 6.45) is 4.05. The molecule has 0 spiro atoms. The summed E-state index contributed by atoms with van der Waals surface area (Å²) in [4.78, 5) is 2.37.